The summed E-state index contributed by atoms with van der Waals surface area (Å²) in [6, 6.07) is 5.29. The van der Waals surface area contributed by atoms with Crippen LogP contribution in [0.15, 0.2) is 48.4 Å². The Morgan fingerprint density at radius 2 is 1.94 bits per heavy atom. The zero-order valence-corrected chi connectivity index (χ0v) is 17.2. The van der Waals surface area contributed by atoms with Crippen molar-refractivity contribution < 1.29 is 19.3 Å². The minimum Gasteiger partial charge on any atom is -0.489 e. The molecule has 0 saturated heterocycles. The molecule has 11 heteroatoms. The van der Waals surface area contributed by atoms with Crippen molar-refractivity contribution in [3.05, 3.63) is 59.3 Å². The zero-order valence-electron chi connectivity index (χ0n) is 16.5. The van der Waals surface area contributed by atoms with Gasteiger partial charge < -0.3 is 31.0 Å². The molecule has 32 heavy (non-hydrogen) atoms. The SMILES string of the molecule is Nc1nc2cc(OCC3=C[C@@H](n4ccc5c(N)ncnc54)[C@H](O)[C@@H]3O)cc(F)c2cc1Cl. The molecule has 1 aromatic carbocycles. The number of ether oxygens (including phenoxy) is 1. The maximum atomic E-state index is 14.5. The van der Waals surface area contributed by atoms with Crippen molar-refractivity contribution in [2.24, 2.45) is 0 Å². The molecular weight excluding hydrogens is 439 g/mol. The number of nitrogen functional groups attached to an aromatic ring is 2. The van der Waals surface area contributed by atoms with E-state index in [1.54, 1.807) is 22.9 Å². The molecule has 9 nitrogen and oxygen atoms in total. The van der Waals surface area contributed by atoms with Gasteiger partial charge in [-0.25, -0.2) is 19.3 Å². The fourth-order valence-corrected chi connectivity index (χ4v) is 4.03. The molecule has 3 atom stereocenters. The smallest absolute Gasteiger partial charge is 0.146 e. The lowest BCUT2D eigenvalue weighted by Gasteiger charge is -2.19. The van der Waals surface area contributed by atoms with E-state index in [0.717, 1.165) is 0 Å². The number of aliphatic hydroxyl groups is 2. The number of rotatable bonds is 4. The van der Waals surface area contributed by atoms with Gasteiger partial charge in [0.05, 0.1) is 22.0 Å². The number of aliphatic hydroxyl groups excluding tert-OH is 2. The molecule has 0 unspecified atom stereocenters. The number of anilines is 2. The van der Waals surface area contributed by atoms with Crippen molar-refractivity contribution >= 4 is 45.2 Å². The first-order valence-electron chi connectivity index (χ1n) is 9.65. The topological polar surface area (TPSA) is 145 Å². The van der Waals surface area contributed by atoms with E-state index >= 15 is 0 Å². The summed E-state index contributed by atoms with van der Waals surface area (Å²) in [4.78, 5) is 12.3. The Balaban J connectivity index is 1.42. The zero-order chi connectivity index (χ0) is 22.6. The molecule has 0 radical (unpaired) electrons. The van der Waals surface area contributed by atoms with E-state index in [0.29, 0.717) is 22.4 Å². The second-order valence-corrected chi connectivity index (χ2v) is 7.91. The van der Waals surface area contributed by atoms with Crippen molar-refractivity contribution in [2.45, 2.75) is 18.2 Å². The van der Waals surface area contributed by atoms with Gasteiger partial charge in [0.15, 0.2) is 0 Å². The maximum absolute atomic E-state index is 14.5. The predicted octanol–water partition coefficient (Wildman–Crippen LogP) is 2.22. The van der Waals surface area contributed by atoms with E-state index in [1.165, 1.54) is 24.5 Å². The first-order valence-corrected chi connectivity index (χ1v) is 10.0. The van der Waals surface area contributed by atoms with E-state index in [9.17, 15) is 14.6 Å². The quantitative estimate of drug-likeness (QED) is 0.342. The molecule has 1 aliphatic rings. The van der Waals surface area contributed by atoms with Crippen LogP contribution in [-0.4, -0.2) is 48.5 Å². The van der Waals surface area contributed by atoms with Crippen molar-refractivity contribution in [2.75, 3.05) is 18.1 Å². The lowest BCUT2D eigenvalue weighted by molar-refractivity contribution is 0.0295. The standard InChI is InChI=1S/C21H18ClFN6O3/c22-13-6-12-14(23)4-10(5-15(12)28-20(13)25)32-7-9-3-16(18(31)17(9)30)29-2-1-11-19(24)26-8-27-21(11)29/h1-6,8,16-18,30-31H,7H2,(H2,25,28)(H2,24,26,27)/t16-,17-,18+/m1/s1. The van der Waals surface area contributed by atoms with Crippen molar-refractivity contribution in [1.29, 1.82) is 0 Å². The highest BCUT2D eigenvalue weighted by Crippen LogP contribution is 2.34. The predicted molar refractivity (Wildman–Crippen MR) is 118 cm³/mol. The Labute approximate surface area is 185 Å². The number of pyridine rings is 1. The van der Waals surface area contributed by atoms with Gasteiger partial charge in [0.25, 0.3) is 0 Å². The molecule has 1 aliphatic carbocycles. The van der Waals surface area contributed by atoms with Crippen molar-refractivity contribution in [1.82, 2.24) is 19.5 Å². The van der Waals surface area contributed by atoms with Crippen LogP contribution in [-0.2, 0) is 0 Å². The molecule has 3 aromatic heterocycles. The van der Waals surface area contributed by atoms with Crippen molar-refractivity contribution in [3.8, 4) is 5.75 Å². The molecule has 3 heterocycles. The van der Waals surface area contributed by atoms with Crippen LogP contribution in [0.2, 0.25) is 5.02 Å². The maximum Gasteiger partial charge on any atom is 0.146 e. The van der Waals surface area contributed by atoms with Crippen LogP contribution in [0.25, 0.3) is 21.9 Å². The summed E-state index contributed by atoms with van der Waals surface area (Å²) in [6.45, 7) is -0.0704. The van der Waals surface area contributed by atoms with Gasteiger partial charge in [-0.2, -0.15) is 0 Å². The Bertz CT molecular complexity index is 1390. The monoisotopic (exact) mass is 456 g/mol. The molecule has 0 amide bonds. The molecule has 5 rings (SSSR count). The van der Waals surface area contributed by atoms with Gasteiger partial charge in [0, 0.05) is 23.7 Å². The molecule has 0 fully saturated rings. The Morgan fingerprint density at radius 3 is 2.75 bits per heavy atom. The lowest BCUT2D eigenvalue weighted by atomic mass is 10.1. The fraction of sp³-hybridized carbons (Fsp3) is 0.190. The van der Waals surface area contributed by atoms with Gasteiger partial charge in [0.1, 0.15) is 54.0 Å². The Hall–Kier alpha value is -3.47. The molecule has 164 valence electrons. The highest BCUT2D eigenvalue weighted by Gasteiger charge is 2.36. The highest BCUT2D eigenvalue weighted by molar-refractivity contribution is 6.33. The second kappa shape index (κ2) is 7.59. The summed E-state index contributed by atoms with van der Waals surface area (Å²) in [6.07, 6.45) is 2.45. The number of hydrogen-bond acceptors (Lipinski definition) is 8. The van der Waals surface area contributed by atoms with Crippen LogP contribution < -0.4 is 16.2 Å². The Kier molecular flexibility index (Phi) is 4.85. The van der Waals surface area contributed by atoms with E-state index < -0.39 is 24.1 Å². The normalized spacial score (nSPS) is 20.8. The van der Waals surface area contributed by atoms with Crippen molar-refractivity contribution in [3.63, 3.8) is 0 Å². The van der Waals surface area contributed by atoms with Crippen LogP contribution in [0.4, 0.5) is 16.0 Å². The second-order valence-electron chi connectivity index (χ2n) is 7.50. The van der Waals surface area contributed by atoms with Crippen LogP contribution in [0.1, 0.15) is 6.04 Å². The number of nitrogens with zero attached hydrogens (tertiary/aromatic N) is 4. The molecule has 6 N–H and O–H groups in total. The summed E-state index contributed by atoms with van der Waals surface area (Å²) in [5.41, 5.74) is 12.8. The summed E-state index contributed by atoms with van der Waals surface area (Å²) in [7, 11) is 0. The van der Waals surface area contributed by atoms with Crippen LogP contribution >= 0.6 is 11.6 Å². The van der Waals surface area contributed by atoms with Gasteiger partial charge in [-0.15, -0.1) is 0 Å². The number of hydrogen-bond donors (Lipinski definition) is 4. The van der Waals surface area contributed by atoms with Crippen LogP contribution in [0, 0.1) is 5.82 Å². The fourth-order valence-electron chi connectivity index (χ4n) is 3.88. The minimum atomic E-state index is -1.17. The number of halogens is 2. The third-order valence-electron chi connectivity index (χ3n) is 5.54. The van der Waals surface area contributed by atoms with E-state index in [2.05, 4.69) is 15.0 Å². The van der Waals surface area contributed by atoms with Gasteiger partial charge in [-0.3, -0.25) is 0 Å². The Morgan fingerprint density at radius 1 is 1.12 bits per heavy atom. The minimum absolute atomic E-state index is 0.0704. The molecule has 4 aromatic rings. The number of fused-ring (bicyclic) bond motifs is 2. The van der Waals surface area contributed by atoms with Gasteiger partial charge in [-0.05, 0) is 17.7 Å². The summed E-state index contributed by atoms with van der Waals surface area (Å²) in [5.74, 6) is 0.0335. The molecule has 0 bridgehead atoms. The third-order valence-corrected chi connectivity index (χ3v) is 5.85. The molecule has 0 saturated carbocycles. The average molecular weight is 457 g/mol. The summed E-state index contributed by atoms with van der Waals surface area (Å²) in [5, 5.41) is 22.2. The van der Waals surface area contributed by atoms with Gasteiger partial charge in [-0.1, -0.05) is 17.7 Å². The van der Waals surface area contributed by atoms with E-state index in [-0.39, 0.29) is 34.1 Å². The summed E-state index contributed by atoms with van der Waals surface area (Å²) >= 11 is 5.92. The highest BCUT2D eigenvalue weighted by atomic mass is 35.5. The largest absolute Gasteiger partial charge is 0.489 e. The number of benzene rings is 1. The molecular formula is C21H18ClFN6O3. The third kappa shape index (κ3) is 3.29. The first kappa shape index (κ1) is 20.4. The lowest BCUT2D eigenvalue weighted by Crippen LogP contribution is -2.30. The molecule has 0 aliphatic heterocycles. The summed E-state index contributed by atoms with van der Waals surface area (Å²) < 4.78 is 21.9. The van der Waals surface area contributed by atoms with E-state index in [1.807, 2.05) is 0 Å². The van der Waals surface area contributed by atoms with Crippen LogP contribution in [0.3, 0.4) is 0 Å². The van der Waals surface area contributed by atoms with Gasteiger partial charge >= 0.3 is 0 Å². The molecule has 0 spiro atoms. The number of nitrogens with two attached hydrogens (primary N) is 2. The van der Waals surface area contributed by atoms with Crippen LogP contribution in [0.5, 0.6) is 5.75 Å². The average Bonchev–Trinajstić information content (AvgIpc) is 3.31. The first-order chi connectivity index (χ1) is 15.3. The van der Waals surface area contributed by atoms with Gasteiger partial charge in [0.2, 0.25) is 0 Å². The van der Waals surface area contributed by atoms with E-state index in [4.69, 9.17) is 27.8 Å². The number of aromatic nitrogens is 4.